The highest BCUT2D eigenvalue weighted by molar-refractivity contribution is 7.89. The third-order valence-corrected chi connectivity index (χ3v) is 6.92. The first kappa shape index (κ1) is 23.4. The zero-order chi connectivity index (χ0) is 23.1. The highest BCUT2D eigenvalue weighted by Crippen LogP contribution is 2.21. The van der Waals surface area contributed by atoms with Crippen LogP contribution in [0.4, 0.5) is 5.69 Å². The maximum absolute atomic E-state index is 12.6. The van der Waals surface area contributed by atoms with E-state index in [0.29, 0.717) is 43.0 Å². The molecule has 0 saturated carbocycles. The molecule has 0 bridgehead atoms. The molecule has 32 heavy (non-hydrogen) atoms. The van der Waals surface area contributed by atoms with Crippen molar-refractivity contribution >= 4 is 33.4 Å². The first-order valence-electron chi connectivity index (χ1n) is 10.3. The van der Waals surface area contributed by atoms with Crippen LogP contribution in [0.2, 0.25) is 0 Å². The molecule has 0 atom stereocenters. The van der Waals surface area contributed by atoms with Gasteiger partial charge in [0.15, 0.2) is 0 Å². The van der Waals surface area contributed by atoms with E-state index in [-0.39, 0.29) is 22.6 Å². The van der Waals surface area contributed by atoms with Crippen LogP contribution in [0.5, 0.6) is 0 Å². The second-order valence-corrected chi connectivity index (χ2v) is 9.34. The van der Waals surface area contributed by atoms with Gasteiger partial charge in [0.2, 0.25) is 15.9 Å². The number of anilines is 1. The molecule has 2 aromatic carbocycles. The molecule has 1 aliphatic rings. The fourth-order valence-corrected chi connectivity index (χ4v) is 4.80. The number of carbonyl (C=O) groups is 3. The molecule has 170 valence electrons. The average molecular weight is 459 g/mol. The van der Waals surface area contributed by atoms with Crippen molar-refractivity contribution in [2.75, 3.05) is 31.5 Å². The molecule has 0 radical (unpaired) electrons. The summed E-state index contributed by atoms with van der Waals surface area (Å²) in [6.45, 7) is 3.09. The Balaban J connectivity index is 1.56. The summed E-state index contributed by atoms with van der Waals surface area (Å²) in [5, 5.41) is 8.00. The van der Waals surface area contributed by atoms with Crippen LogP contribution < -0.4 is 16.0 Å². The monoisotopic (exact) mass is 458 g/mol. The van der Waals surface area contributed by atoms with Gasteiger partial charge in [-0.2, -0.15) is 4.31 Å². The van der Waals surface area contributed by atoms with E-state index in [0.717, 1.165) is 12.8 Å². The fourth-order valence-electron chi connectivity index (χ4n) is 3.28. The van der Waals surface area contributed by atoms with Crippen molar-refractivity contribution in [1.29, 1.82) is 0 Å². The lowest BCUT2D eigenvalue weighted by Gasteiger charge is -2.15. The molecular formula is C22H26N4O5S. The quantitative estimate of drug-likeness (QED) is 0.518. The Kier molecular flexibility index (Phi) is 7.60. The number of amides is 3. The minimum Gasteiger partial charge on any atom is -0.355 e. The summed E-state index contributed by atoms with van der Waals surface area (Å²) in [6, 6.07) is 12.2. The maximum Gasteiger partial charge on any atom is 0.255 e. The van der Waals surface area contributed by atoms with Gasteiger partial charge < -0.3 is 16.0 Å². The van der Waals surface area contributed by atoms with E-state index in [4.69, 9.17) is 0 Å². The van der Waals surface area contributed by atoms with Crippen molar-refractivity contribution in [2.45, 2.75) is 24.7 Å². The van der Waals surface area contributed by atoms with Crippen LogP contribution in [-0.4, -0.2) is 56.6 Å². The molecule has 3 rings (SSSR count). The SMILES string of the molecule is CC(=O)NCCNC(=O)c1ccc(NC(=O)c2ccc(S(=O)(=O)N3CCCC3)cc2)cc1. The van der Waals surface area contributed by atoms with Crippen LogP contribution in [-0.2, 0) is 14.8 Å². The third kappa shape index (κ3) is 5.92. The van der Waals surface area contributed by atoms with Gasteiger partial charge in [0.1, 0.15) is 0 Å². The Labute approximate surface area is 187 Å². The first-order chi connectivity index (χ1) is 15.3. The smallest absolute Gasteiger partial charge is 0.255 e. The summed E-state index contributed by atoms with van der Waals surface area (Å²) in [5.41, 5.74) is 1.24. The molecule has 0 aliphatic carbocycles. The maximum atomic E-state index is 12.6. The standard InChI is InChI=1S/C22H26N4O5S/c1-16(27)23-12-13-24-21(28)17-4-8-19(9-5-17)25-22(29)18-6-10-20(11-7-18)32(30,31)26-14-2-3-15-26/h4-11H,2-3,12-15H2,1H3,(H,23,27)(H,24,28)(H,25,29). The summed E-state index contributed by atoms with van der Waals surface area (Å²) in [5.74, 6) is -0.840. The summed E-state index contributed by atoms with van der Waals surface area (Å²) in [7, 11) is -3.52. The molecule has 1 fully saturated rings. The lowest BCUT2D eigenvalue weighted by Crippen LogP contribution is -2.33. The van der Waals surface area contributed by atoms with E-state index in [1.54, 1.807) is 24.3 Å². The molecule has 3 N–H and O–H groups in total. The number of benzene rings is 2. The molecule has 2 aromatic rings. The van der Waals surface area contributed by atoms with Crippen molar-refractivity contribution in [3.63, 3.8) is 0 Å². The van der Waals surface area contributed by atoms with Crippen LogP contribution in [0.25, 0.3) is 0 Å². The number of hydrogen-bond donors (Lipinski definition) is 3. The summed E-state index contributed by atoms with van der Waals surface area (Å²) < 4.78 is 26.6. The molecule has 3 amide bonds. The Hall–Kier alpha value is -3.24. The summed E-state index contributed by atoms with van der Waals surface area (Å²) >= 11 is 0. The highest BCUT2D eigenvalue weighted by atomic mass is 32.2. The molecular weight excluding hydrogens is 432 g/mol. The zero-order valence-electron chi connectivity index (χ0n) is 17.8. The van der Waals surface area contributed by atoms with E-state index in [9.17, 15) is 22.8 Å². The van der Waals surface area contributed by atoms with Gasteiger partial charge in [-0.3, -0.25) is 14.4 Å². The largest absolute Gasteiger partial charge is 0.355 e. The van der Waals surface area contributed by atoms with Gasteiger partial charge in [0.05, 0.1) is 4.90 Å². The van der Waals surface area contributed by atoms with Crippen LogP contribution >= 0.6 is 0 Å². The number of hydrogen-bond acceptors (Lipinski definition) is 5. The van der Waals surface area contributed by atoms with E-state index in [2.05, 4.69) is 16.0 Å². The van der Waals surface area contributed by atoms with Crippen LogP contribution in [0.1, 0.15) is 40.5 Å². The first-order valence-corrected chi connectivity index (χ1v) is 11.8. The molecule has 0 unspecified atom stereocenters. The van der Waals surface area contributed by atoms with Gasteiger partial charge in [0.25, 0.3) is 11.8 Å². The highest BCUT2D eigenvalue weighted by Gasteiger charge is 2.27. The van der Waals surface area contributed by atoms with Gasteiger partial charge in [-0.15, -0.1) is 0 Å². The van der Waals surface area contributed by atoms with E-state index >= 15 is 0 Å². The number of sulfonamides is 1. The number of carbonyl (C=O) groups excluding carboxylic acids is 3. The van der Waals surface area contributed by atoms with E-state index in [1.807, 2.05) is 0 Å². The normalized spacial score (nSPS) is 14.0. The molecule has 1 aliphatic heterocycles. The van der Waals surface area contributed by atoms with Crippen molar-refractivity contribution in [3.8, 4) is 0 Å². The lowest BCUT2D eigenvalue weighted by molar-refractivity contribution is -0.118. The number of nitrogens with zero attached hydrogens (tertiary/aromatic N) is 1. The summed E-state index contributed by atoms with van der Waals surface area (Å²) in [6.07, 6.45) is 1.72. The van der Waals surface area contributed by atoms with Gasteiger partial charge >= 0.3 is 0 Å². The van der Waals surface area contributed by atoms with Crippen LogP contribution in [0, 0.1) is 0 Å². The predicted molar refractivity (Wildman–Crippen MR) is 120 cm³/mol. The predicted octanol–water partition coefficient (Wildman–Crippen LogP) is 1.59. The lowest BCUT2D eigenvalue weighted by atomic mass is 10.1. The minimum absolute atomic E-state index is 0.165. The van der Waals surface area contributed by atoms with Crippen LogP contribution in [0.15, 0.2) is 53.4 Å². The van der Waals surface area contributed by atoms with E-state index in [1.165, 1.54) is 35.5 Å². The van der Waals surface area contributed by atoms with Crippen molar-refractivity contribution in [3.05, 3.63) is 59.7 Å². The molecule has 0 aromatic heterocycles. The molecule has 0 spiro atoms. The van der Waals surface area contributed by atoms with Gasteiger partial charge in [-0.25, -0.2) is 8.42 Å². The summed E-state index contributed by atoms with van der Waals surface area (Å²) in [4.78, 5) is 35.6. The molecule has 1 heterocycles. The van der Waals surface area contributed by atoms with Crippen molar-refractivity contribution in [1.82, 2.24) is 14.9 Å². The van der Waals surface area contributed by atoms with Crippen molar-refractivity contribution < 1.29 is 22.8 Å². The average Bonchev–Trinajstić information content (AvgIpc) is 3.33. The number of nitrogens with one attached hydrogen (secondary N) is 3. The molecule has 9 nitrogen and oxygen atoms in total. The Morgan fingerprint density at radius 3 is 1.94 bits per heavy atom. The second-order valence-electron chi connectivity index (χ2n) is 7.41. The Morgan fingerprint density at radius 2 is 1.34 bits per heavy atom. The van der Waals surface area contributed by atoms with Crippen molar-refractivity contribution in [2.24, 2.45) is 0 Å². The van der Waals surface area contributed by atoms with Crippen LogP contribution in [0.3, 0.4) is 0 Å². The molecule has 10 heteroatoms. The molecule has 1 saturated heterocycles. The third-order valence-electron chi connectivity index (χ3n) is 5.01. The van der Waals surface area contributed by atoms with E-state index < -0.39 is 10.0 Å². The topological polar surface area (TPSA) is 125 Å². The zero-order valence-corrected chi connectivity index (χ0v) is 18.6. The fraction of sp³-hybridized carbons (Fsp3) is 0.318. The van der Waals surface area contributed by atoms with Gasteiger partial charge in [0, 0.05) is 49.9 Å². The Bertz CT molecular complexity index is 1080. The Morgan fingerprint density at radius 1 is 0.812 bits per heavy atom. The number of rotatable bonds is 8. The second kappa shape index (κ2) is 10.4. The van der Waals surface area contributed by atoms with Gasteiger partial charge in [-0.05, 0) is 61.4 Å². The minimum atomic E-state index is -3.52. The van der Waals surface area contributed by atoms with Gasteiger partial charge in [-0.1, -0.05) is 0 Å².